The first-order valence-electron chi connectivity index (χ1n) is 11.1. The second-order valence-electron chi connectivity index (χ2n) is 9.13. The third-order valence-corrected chi connectivity index (χ3v) is 7.89. The Balaban J connectivity index is 1.67. The van der Waals surface area contributed by atoms with Crippen molar-refractivity contribution in [3.63, 3.8) is 0 Å². The Morgan fingerprint density at radius 2 is 2.06 bits per heavy atom. The van der Waals surface area contributed by atoms with Crippen LogP contribution in [-0.4, -0.2) is 71.8 Å². The molecule has 0 bridgehead atoms. The van der Waals surface area contributed by atoms with E-state index in [2.05, 4.69) is 25.2 Å². The molecular formula is C21H27N7O5S. The van der Waals surface area contributed by atoms with Crippen molar-refractivity contribution in [1.29, 1.82) is 0 Å². The highest BCUT2D eigenvalue weighted by atomic mass is 32.2. The van der Waals surface area contributed by atoms with E-state index in [1.54, 1.807) is 30.6 Å². The maximum absolute atomic E-state index is 13.3. The maximum Gasteiger partial charge on any atom is 0.284 e. The Morgan fingerprint density at radius 1 is 1.29 bits per heavy atom. The van der Waals surface area contributed by atoms with Gasteiger partial charge in [-0.3, -0.25) is 9.20 Å². The second-order valence-corrected chi connectivity index (χ2v) is 10.8. The van der Waals surface area contributed by atoms with Crippen LogP contribution in [0.3, 0.4) is 0 Å². The second kappa shape index (κ2) is 8.03. The topological polar surface area (TPSA) is 144 Å². The van der Waals surface area contributed by atoms with Crippen LogP contribution < -0.4 is 14.9 Å². The van der Waals surface area contributed by atoms with Gasteiger partial charge in [0.25, 0.3) is 11.8 Å². The number of morpholine rings is 1. The van der Waals surface area contributed by atoms with E-state index in [9.17, 15) is 13.2 Å². The number of fused-ring (bicyclic) bond motifs is 1. The summed E-state index contributed by atoms with van der Waals surface area (Å²) in [7, 11) is -2.28. The van der Waals surface area contributed by atoms with Gasteiger partial charge in [0.1, 0.15) is 4.90 Å². The van der Waals surface area contributed by atoms with Crippen molar-refractivity contribution in [2.45, 2.75) is 56.2 Å². The van der Waals surface area contributed by atoms with Gasteiger partial charge in [-0.2, -0.15) is 0 Å². The fourth-order valence-electron chi connectivity index (χ4n) is 4.06. The number of carbonyl (C=O) groups excluding carboxylic acids is 1. The first-order chi connectivity index (χ1) is 16.1. The van der Waals surface area contributed by atoms with Crippen LogP contribution in [0.2, 0.25) is 0 Å². The highest BCUT2D eigenvalue weighted by molar-refractivity contribution is 7.89. The first kappa shape index (κ1) is 22.7. The molecule has 5 rings (SSSR count). The van der Waals surface area contributed by atoms with Crippen molar-refractivity contribution in [3.8, 4) is 11.7 Å². The van der Waals surface area contributed by atoms with Gasteiger partial charge in [-0.1, -0.05) is 0 Å². The number of nitrogens with zero attached hydrogens (tertiary/aromatic N) is 5. The van der Waals surface area contributed by atoms with Crippen molar-refractivity contribution < 1.29 is 22.4 Å². The Labute approximate surface area is 196 Å². The van der Waals surface area contributed by atoms with E-state index in [-0.39, 0.29) is 29.3 Å². The van der Waals surface area contributed by atoms with E-state index in [0.717, 1.165) is 12.8 Å². The number of imidazole rings is 1. The molecule has 1 aliphatic carbocycles. The highest BCUT2D eigenvalue weighted by Crippen LogP contribution is 2.37. The van der Waals surface area contributed by atoms with Crippen LogP contribution in [-0.2, 0) is 19.6 Å². The highest BCUT2D eigenvalue weighted by Gasteiger charge is 2.42. The van der Waals surface area contributed by atoms with Crippen molar-refractivity contribution in [2.24, 2.45) is 0 Å². The largest absolute Gasteiger partial charge is 0.419 e. The lowest BCUT2D eigenvalue weighted by Crippen LogP contribution is -2.53. The molecule has 1 saturated carbocycles. The molecule has 0 aromatic carbocycles. The minimum absolute atomic E-state index is 0.0776. The average Bonchev–Trinajstić information content (AvgIpc) is 3.17. The number of likely N-dealkylation sites (N-methyl/N-ethyl adjacent to an activating group) is 1. The Morgan fingerprint density at radius 3 is 2.71 bits per heavy atom. The van der Waals surface area contributed by atoms with Gasteiger partial charge in [-0.05, 0) is 32.8 Å². The standard InChI is InChI=1S/C21H27N7O5S/c1-12-11-32-17(19(29)22-4)10-27(12)15-7-14(34(30,31)26-21(3)5-6-21)9-28-16(15)8-23-18(28)20-25-24-13(2)33-20/h7-9,12,17,26H,5-6,10-11H2,1-4H3,(H,22,29)/t12-,17+/m0/s1. The van der Waals surface area contributed by atoms with Gasteiger partial charge in [0.2, 0.25) is 21.7 Å². The van der Waals surface area contributed by atoms with Crippen LogP contribution in [0, 0.1) is 6.92 Å². The molecule has 34 heavy (non-hydrogen) atoms. The van der Waals surface area contributed by atoms with E-state index in [1.807, 2.05) is 18.7 Å². The van der Waals surface area contributed by atoms with E-state index in [0.29, 0.717) is 29.5 Å². The molecule has 2 aliphatic rings. The zero-order valence-electron chi connectivity index (χ0n) is 19.4. The van der Waals surface area contributed by atoms with Gasteiger partial charge >= 0.3 is 0 Å². The van der Waals surface area contributed by atoms with E-state index < -0.39 is 21.7 Å². The lowest BCUT2D eigenvalue weighted by atomic mass is 10.1. The van der Waals surface area contributed by atoms with Gasteiger partial charge in [-0.15, -0.1) is 10.2 Å². The number of hydrogen-bond donors (Lipinski definition) is 2. The van der Waals surface area contributed by atoms with Gasteiger partial charge in [0, 0.05) is 31.7 Å². The summed E-state index contributed by atoms with van der Waals surface area (Å²) in [5.74, 6) is 0.638. The molecule has 0 spiro atoms. The van der Waals surface area contributed by atoms with E-state index in [1.165, 1.54) is 6.20 Å². The number of aryl methyl sites for hydroxylation is 1. The van der Waals surface area contributed by atoms with Gasteiger partial charge < -0.3 is 19.4 Å². The zero-order valence-corrected chi connectivity index (χ0v) is 20.2. The molecule has 1 saturated heterocycles. The normalized spacial score (nSPS) is 22.2. The number of amides is 1. The fraction of sp³-hybridized carbons (Fsp3) is 0.524. The monoisotopic (exact) mass is 489 g/mol. The molecule has 182 valence electrons. The molecule has 0 unspecified atom stereocenters. The summed E-state index contributed by atoms with van der Waals surface area (Å²) in [5.41, 5.74) is 0.821. The molecule has 3 aromatic rings. The summed E-state index contributed by atoms with van der Waals surface area (Å²) in [5, 5.41) is 10.5. The predicted molar refractivity (Wildman–Crippen MR) is 122 cm³/mol. The number of pyridine rings is 1. The molecule has 2 atom stereocenters. The van der Waals surface area contributed by atoms with E-state index in [4.69, 9.17) is 9.15 Å². The fourth-order valence-corrected chi connectivity index (χ4v) is 5.54. The molecule has 13 heteroatoms. The number of anilines is 1. The number of aromatic nitrogens is 4. The quantitative estimate of drug-likeness (QED) is 0.515. The summed E-state index contributed by atoms with van der Waals surface area (Å²) in [6, 6.07) is 1.51. The molecule has 3 aromatic heterocycles. The van der Waals surface area contributed by atoms with Crippen LogP contribution in [0.15, 0.2) is 27.8 Å². The molecule has 1 amide bonds. The predicted octanol–water partition coefficient (Wildman–Crippen LogP) is 0.863. The third-order valence-electron chi connectivity index (χ3n) is 6.28. The van der Waals surface area contributed by atoms with E-state index >= 15 is 0 Å². The number of sulfonamides is 1. The summed E-state index contributed by atoms with van der Waals surface area (Å²) in [6.45, 7) is 6.07. The van der Waals surface area contributed by atoms with Crippen molar-refractivity contribution >= 4 is 27.1 Å². The van der Waals surface area contributed by atoms with Crippen molar-refractivity contribution in [1.82, 2.24) is 29.6 Å². The molecule has 2 N–H and O–H groups in total. The number of carbonyl (C=O) groups is 1. The molecule has 1 aliphatic heterocycles. The van der Waals surface area contributed by atoms with Crippen LogP contribution in [0.4, 0.5) is 5.69 Å². The number of hydrogen-bond acceptors (Lipinski definition) is 9. The van der Waals surface area contributed by atoms with Crippen LogP contribution >= 0.6 is 0 Å². The average molecular weight is 490 g/mol. The molecule has 2 fully saturated rings. The molecule has 0 radical (unpaired) electrons. The van der Waals surface area contributed by atoms with Crippen LogP contribution in [0.25, 0.3) is 17.2 Å². The smallest absolute Gasteiger partial charge is 0.284 e. The number of nitrogens with one attached hydrogen (secondary N) is 2. The third kappa shape index (κ3) is 4.03. The first-order valence-corrected chi connectivity index (χ1v) is 12.5. The number of rotatable bonds is 6. The Kier molecular flexibility index (Phi) is 5.37. The molecule has 4 heterocycles. The Hall–Kier alpha value is -3.03. The zero-order chi connectivity index (χ0) is 24.3. The summed E-state index contributed by atoms with van der Waals surface area (Å²) < 4.78 is 42.4. The SMILES string of the molecule is CNC(=O)[C@H]1CN(c2cc(S(=O)(=O)NC3(C)CC3)cn3c(-c4nnc(C)o4)ncc23)[C@@H](C)CO1. The van der Waals surface area contributed by atoms with Gasteiger partial charge in [0.05, 0.1) is 30.6 Å². The van der Waals surface area contributed by atoms with Gasteiger partial charge in [-0.25, -0.2) is 18.1 Å². The minimum atomic E-state index is -3.83. The summed E-state index contributed by atoms with van der Waals surface area (Å²) >= 11 is 0. The van der Waals surface area contributed by atoms with Crippen LogP contribution in [0.1, 0.15) is 32.6 Å². The lowest BCUT2D eigenvalue weighted by Gasteiger charge is -2.39. The lowest BCUT2D eigenvalue weighted by molar-refractivity contribution is -0.133. The molecular weight excluding hydrogens is 462 g/mol. The summed E-state index contributed by atoms with van der Waals surface area (Å²) in [6.07, 6.45) is 4.02. The molecule has 12 nitrogen and oxygen atoms in total. The Bertz CT molecular complexity index is 1360. The van der Waals surface area contributed by atoms with Crippen LogP contribution in [0.5, 0.6) is 0 Å². The van der Waals surface area contributed by atoms with Gasteiger partial charge in [0.15, 0.2) is 6.10 Å². The maximum atomic E-state index is 13.3. The van der Waals surface area contributed by atoms with Crippen molar-refractivity contribution in [2.75, 3.05) is 25.1 Å². The minimum Gasteiger partial charge on any atom is -0.419 e. The van der Waals surface area contributed by atoms with Crippen molar-refractivity contribution in [3.05, 3.63) is 24.4 Å². The number of ether oxygens (including phenoxy) is 1. The summed E-state index contributed by atoms with van der Waals surface area (Å²) in [4.78, 5) is 18.8.